The van der Waals surface area contributed by atoms with Gasteiger partial charge in [-0.1, -0.05) is 25.4 Å². The van der Waals surface area contributed by atoms with Gasteiger partial charge in [-0.15, -0.1) is 0 Å². The standard InChI is InChI=1S/C20H26ClN5O3/c1-3-13-7-18(29-12-15-10-22-5-6-28-15)17(8-16(13)21)25-20(27)26-19-11-23-14(4-2)9-24-19/h7-9,11,15,22H,3-6,10,12H2,1-2H3,(H2,24,25,26,27). The number of anilines is 2. The van der Waals surface area contributed by atoms with E-state index in [1.165, 1.54) is 6.20 Å². The fourth-order valence-corrected chi connectivity index (χ4v) is 3.16. The Kier molecular flexibility index (Phi) is 7.62. The van der Waals surface area contributed by atoms with Crippen LogP contribution in [0, 0.1) is 0 Å². The van der Waals surface area contributed by atoms with Crippen LogP contribution in [0.15, 0.2) is 24.5 Å². The van der Waals surface area contributed by atoms with Gasteiger partial charge in [0.2, 0.25) is 0 Å². The average molecular weight is 420 g/mol. The number of hydrogen-bond donors (Lipinski definition) is 3. The fraction of sp³-hybridized carbons (Fsp3) is 0.450. The molecule has 1 aliphatic heterocycles. The Hall–Kier alpha value is -2.42. The van der Waals surface area contributed by atoms with Crippen LogP contribution in [0.5, 0.6) is 5.75 Å². The molecular weight excluding hydrogens is 394 g/mol. The van der Waals surface area contributed by atoms with Crippen LogP contribution in [0.2, 0.25) is 5.02 Å². The first kappa shape index (κ1) is 21.3. The van der Waals surface area contributed by atoms with Gasteiger partial charge in [-0.3, -0.25) is 10.3 Å². The predicted molar refractivity (Wildman–Crippen MR) is 113 cm³/mol. The number of amides is 2. The monoisotopic (exact) mass is 419 g/mol. The van der Waals surface area contributed by atoms with Crippen LogP contribution in [-0.2, 0) is 17.6 Å². The first-order chi connectivity index (χ1) is 14.1. The van der Waals surface area contributed by atoms with E-state index in [0.717, 1.165) is 37.2 Å². The first-order valence-corrected chi connectivity index (χ1v) is 10.1. The zero-order valence-corrected chi connectivity index (χ0v) is 17.4. The topological polar surface area (TPSA) is 97.4 Å². The van der Waals surface area contributed by atoms with Gasteiger partial charge < -0.3 is 20.1 Å². The second-order valence-electron chi connectivity index (χ2n) is 6.63. The molecule has 0 bridgehead atoms. The molecule has 9 heteroatoms. The van der Waals surface area contributed by atoms with Crippen LogP contribution in [0.25, 0.3) is 0 Å². The van der Waals surface area contributed by atoms with Crippen molar-refractivity contribution < 1.29 is 14.3 Å². The molecule has 0 aliphatic carbocycles. The Labute approximate surface area is 175 Å². The van der Waals surface area contributed by atoms with Crippen molar-refractivity contribution in [2.24, 2.45) is 0 Å². The van der Waals surface area contributed by atoms with Gasteiger partial charge in [-0.25, -0.2) is 9.78 Å². The molecule has 3 rings (SSSR count). The highest BCUT2D eigenvalue weighted by atomic mass is 35.5. The number of carbonyl (C=O) groups is 1. The molecule has 2 heterocycles. The van der Waals surface area contributed by atoms with Gasteiger partial charge in [0.05, 0.1) is 30.4 Å². The van der Waals surface area contributed by atoms with E-state index in [9.17, 15) is 4.79 Å². The normalized spacial score (nSPS) is 16.3. The second-order valence-corrected chi connectivity index (χ2v) is 7.03. The minimum Gasteiger partial charge on any atom is -0.489 e. The van der Waals surface area contributed by atoms with Gasteiger partial charge in [0.1, 0.15) is 18.5 Å². The number of carbonyl (C=O) groups excluding carboxylic acids is 1. The third-order valence-electron chi connectivity index (χ3n) is 4.52. The lowest BCUT2D eigenvalue weighted by molar-refractivity contribution is 0.000338. The smallest absolute Gasteiger partial charge is 0.325 e. The number of nitrogens with one attached hydrogen (secondary N) is 3. The summed E-state index contributed by atoms with van der Waals surface area (Å²) in [7, 11) is 0. The fourth-order valence-electron chi connectivity index (χ4n) is 2.86. The maximum Gasteiger partial charge on any atom is 0.325 e. The molecule has 156 valence electrons. The van der Waals surface area contributed by atoms with E-state index in [-0.39, 0.29) is 6.10 Å². The quantitative estimate of drug-likeness (QED) is 0.637. The third kappa shape index (κ3) is 6.03. The summed E-state index contributed by atoms with van der Waals surface area (Å²) in [6, 6.07) is 3.09. The largest absolute Gasteiger partial charge is 0.489 e. The lowest BCUT2D eigenvalue weighted by Gasteiger charge is -2.24. The summed E-state index contributed by atoms with van der Waals surface area (Å²) in [6.45, 7) is 6.59. The van der Waals surface area contributed by atoms with Crippen molar-refractivity contribution in [1.29, 1.82) is 0 Å². The van der Waals surface area contributed by atoms with Crippen LogP contribution in [-0.4, -0.2) is 48.4 Å². The van der Waals surface area contributed by atoms with Gasteiger partial charge in [-0.2, -0.15) is 0 Å². The molecule has 29 heavy (non-hydrogen) atoms. The minimum atomic E-state index is -0.454. The van der Waals surface area contributed by atoms with Gasteiger partial charge in [-0.05, 0) is 30.5 Å². The van der Waals surface area contributed by atoms with Crippen LogP contribution < -0.4 is 20.7 Å². The molecule has 1 aliphatic rings. The van der Waals surface area contributed by atoms with Crippen molar-refractivity contribution in [3.63, 3.8) is 0 Å². The summed E-state index contributed by atoms with van der Waals surface area (Å²) < 4.78 is 11.6. The molecule has 0 radical (unpaired) electrons. The Morgan fingerprint density at radius 1 is 1.28 bits per heavy atom. The Morgan fingerprint density at radius 2 is 2.14 bits per heavy atom. The Bertz CT molecular complexity index is 826. The molecule has 0 saturated carbocycles. The number of hydrogen-bond acceptors (Lipinski definition) is 6. The van der Waals surface area contributed by atoms with Gasteiger partial charge in [0.15, 0.2) is 5.82 Å². The number of morpholine rings is 1. The van der Waals surface area contributed by atoms with Gasteiger partial charge >= 0.3 is 6.03 Å². The summed E-state index contributed by atoms with van der Waals surface area (Å²) in [5.74, 6) is 0.906. The highest BCUT2D eigenvalue weighted by Gasteiger charge is 2.17. The molecule has 8 nitrogen and oxygen atoms in total. The predicted octanol–water partition coefficient (Wildman–Crippen LogP) is 3.27. The zero-order valence-electron chi connectivity index (χ0n) is 16.6. The molecular formula is C20H26ClN5O3. The van der Waals surface area contributed by atoms with Gasteiger partial charge in [0, 0.05) is 18.1 Å². The lowest BCUT2D eigenvalue weighted by atomic mass is 10.1. The van der Waals surface area contributed by atoms with E-state index >= 15 is 0 Å². The maximum absolute atomic E-state index is 12.4. The molecule has 1 saturated heterocycles. The number of ether oxygens (including phenoxy) is 2. The summed E-state index contributed by atoms with van der Waals surface area (Å²) in [6.07, 6.45) is 4.65. The van der Waals surface area contributed by atoms with Crippen LogP contribution in [0.1, 0.15) is 25.1 Å². The van der Waals surface area contributed by atoms with Crippen molar-refractivity contribution >= 4 is 29.1 Å². The molecule has 1 aromatic carbocycles. The molecule has 3 N–H and O–H groups in total. The van der Waals surface area contributed by atoms with E-state index in [1.807, 2.05) is 19.9 Å². The van der Waals surface area contributed by atoms with E-state index in [4.69, 9.17) is 21.1 Å². The van der Waals surface area contributed by atoms with Crippen LogP contribution in [0.4, 0.5) is 16.3 Å². The third-order valence-corrected chi connectivity index (χ3v) is 4.87. The van der Waals surface area contributed by atoms with E-state index in [1.54, 1.807) is 12.3 Å². The van der Waals surface area contributed by atoms with E-state index in [0.29, 0.717) is 35.5 Å². The number of nitrogens with zero attached hydrogens (tertiary/aromatic N) is 2. The molecule has 1 fully saturated rings. The zero-order chi connectivity index (χ0) is 20.6. The second kappa shape index (κ2) is 10.4. The minimum absolute atomic E-state index is 0.0430. The number of aromatic nitrogens is 2. The van der Waals surface area contributed by atoms with Crippen molar-refractivity contribution in [2.45, 2.75) is 32.8 Å². The van der Waals surface area contributed by atoms with Crippen LogP contribution >= 0.6 is 11.6 Å². The van der Waals surface area contributed by atoms with Crippen molar-refractivity contribution in [3.05, 3.63) is 40.8 Å². The summed E-state index contributed by atoms with van der Waals surface area (Å²) in [5, 5.41) is 9.28. The number of halogens is 1. The lowest BCUT2D eigenvalue weighted by Crippen LogP contribution is -2.41. The Balaban J connectivity index is 1.69. The molecule has 0 spiro atoms. The van der Waals surface area contributed by atoms with E-state index in [2.05, 4.69) is 25.9 Å². The van der Waals surface area contributed by atoms with Crippen molar-refractivity contribution in [1.82, 2.24) is 15.3 Å². The van der Waals surface area contributed by atoms with Crippen molar-refractivity contribution in [2.75, 3.05) is 36.9 Å². The van der Waals surface area contributed by atoms with Gasteiger partial charge in [0.25, 0.3) is 0 Å². The van der Waals surface area contributed by atoms with E-state index < -0.39 is 6.03 Å². The van der Waals surface area contributed by atoms with Crippen molar-refractivity contribution in [3.8, 4) is 5.75 Å². The summed E-state index contributed by atoms with van der Waals surface area (Å²) in [4.78, 5) is 20.8. The van der Waals surface area contributed by atoms with Crippen LogP contribution in [0.3, 0.4) is 0 Å². The summed E-state index contributed by atoms with van der Waals surface area (Å²) in [5.41, 5.74) is 2.27. The Morgan fingerprint density at radius 3 is 2.79 bits per heavy atom. The average Bonchev–Trinajstić information content (AvgIpc) is 2.74. The number of aryl methyl sites for hydroxylation is 2. The highest BCUT2D eigenvalue weighted by Crippen LogP contribution is 2.32. The SMILES string of the molecule is CCc1cnc(NC(=O)Nc2cc(Cl)c(CC)cc2OCC2CNCCO2)cn1. The maximum atomic E-state index is 12.4. The number of benzene rings is 1. The number of urea groups is 1. The first-order valence-electron chi connectivity index (χ1n) is 9.75. The summed E-state index contributed by atoms with van der Waals surface area (Å²) >= 11 is 6.34. The molecule has 2 aromatic rings. The molecule has 2 amide bonds. The molecule has 1 aromatic heterocycles. The molecule has 1 atom stereocenters. The highest BCUT2D eigenvalue weighted by molar-refractivity contribution is 6.31. The number of rotatable bonds is 7. The molecule has 1 unspecified atom stereocenters.